The number of aliphatic hydroxyl groups is 1. The zero-order chi connectivity index (χ0) is 33.9. The van der Waals surface area contributed by atoms with E-state index in [-0.39, 0.29) is 30.6 Å². The molecule has 2 amide bonds. The second-order valence-corrected chi connectivity index (χ2v) is 14.0. The van der Waals surface area contributed by atoms with E-state index in [9.17, 15) is 31.9 Å². The summed E-state index contributed by atoms with van der Waals surface area (Å²) in [5.74, 6) is -3.63. The Labute approximate surface area is 269 Å². The number of nitrogens with one attached hydrogen (secondary N) is 2. The van der Waals surface area contributed by atoms with Gasteiger partial charge in [-0.2, -0.15) is 5.10 Å². The normalized spacial score (nSPS) is 13.7. The summed E-state index contributed by atoms with van der Waals surface area (Å²) >= 11 is 0. The van der Waals surface area contributed by atoms with E-state index >= 15 is 0 Å². The minimum Gasteiger partial charge on any atom is -0.390 e. The third-order valence-electron chi connectivity index (χ3n) is 7.87. The number of aromatic nitrogens is 2. The van der Waals surface area contributed by atoms with Crippen molar-refractivity contribution in [2.24, 2.45) is 5.73 Å². The molecule has 10 nitrogen and oxygen atoms in total. The maximum atomic E-state index is 14.3. The zero-order valence-corrected chi connectivity index (χ0v) is 27.4. The van der Waals surface area contributed by atoms with Crippen molar-refractivity contribution in [3.05, 3.63) is 88.7 Å². The van der Waals surface area contributed by atoms with Gasteiger partial charge < -0.3 is 21.1 Å². The Morgan fingerprint density at radius 1 is 1.02 bits per heavy atom. The van der Waals surface area contributed by atoms with Crippen molar-refractivity contribution in [1.82, 2.24) is 20.4 Å². The standard InChI is InChI=1S/C33H45F2N5O5S/c1-4-8-28(9-5-2)46(44,45)21-30(39-32(42)25-17-37-38-18-25)33(43)40(19-23-11-7-10-22(6-3)12-23)20-31(41)29(36)15-24-13-26(34)16-27(35)14-24/h7,10-14,16-18,28-31,41H,4-6,8-9,15,19-21,36H2,1-3H3,(H,37,38)(H,39,42)/t29-,30?,31+/m0/s1. The molecule has 46 heavy (non-hydrogen) atoms. The van der Waals surface area contributed by atoms with Crippen molar-refractivity contribution in [2.45, 2.75) is 89.3 Å². The van der Waals surface area contributed by atoms with Gasteiger partial charge in [0.15, 0.2) is 9.84 Å². The van der Waals surface area contributed by atoms with Gasteiger partial charge in [0, 0.05) is 31.4 Å². The Balaban J connectivity index is 1.96. The molecule has 252 valence electrons. The van der Waals surface area contributed by atoms with Crippen LogP contribution in [0.15, 0.2) is 54.9 Å². The number of carbonyl (C=O) groups excluding carboxylic acids is 2. The van der Waals surface area contributed by atoms with Crippen LogP contribution in [-0.2, 0) is 34.0 Å². The fourth-order valence-electron chi connectivity index (χ4n) is 5.43. The highest BCUT2D eigenvalue weighted by atomic mass is 32.2. The fourth-order valence-corrected chi connectivity index (χ4v) is 7.58. The Morgan fingerprint density at radius 2 is 1.67 bits per heavy atom. The number of aromatic amines is 1. The van der Waals surface area contributed by atoms with Crippen LogP contribution in [0.2, 0.25) is 0 Å². The molecule has 1 heterocycles. The first kappa shape index (κ1) is 36.8. The van der Waals surface area contributed by atoms with E-state index in [4.69, 9.17) is 5.73 Å². The molecule has 2 aromatic carbocycles. The van der Waals surface area contributed by atoms with Crippen molar-refractivity contribution in [1.29, 1.82) is 0 Å². The largest absolute Gasteiger partial charge is 0.390 e. The molecule has 5 N–H and O–H groups in total. The average molecular weight is 662 g/mol. The number of carbonyl (C=O) groups is 2. The molecule has 1 unspecified atom stereocenters. The van der Waals surface area contributed by atoms with Crippen LogP contribution >= 0.6 is 0 Å². The number of sulfone groups is 1. The number of H-pyrrole nitrogens is 1. The van der Waals surface area contributed by atoms with Gasteiger partial charge in [0.1, 0.15) is 17.7 Å². The number of aliphatic hydroxyl groups excluding tert-OH is 1. The zero-order valence-electron chi connectivity index (χ0n) is 26.6. The molecule has 0 bridgehead atoms. The van der Waals surface area contributed by atoms with Crippen molar-refractivity contribution < 1.29 is 31.9 Å². The summed E-state index contributed by atoms with van der Waals surface area (Å²) in [6.07, 6.45) is 3.95. The lowest BCUT2D eigenvalue weighted by atomic mass is 10.0. The number of nitrogens with zero attached hydrogens (tertiary/aromatic N) is 2. The number of aryl methyl sites for hydroxylation is 1. The lowest BCUT2D eigenvalue weighted by Gasteiger charge is -2.32. The highest BCUT2D eigenvalue weighted by Gasteiger charge is 2.36. The summed E-state index contributed by atoms with van der Waals surface area (Å²) in [6.45, 7) is 5.40. The summed E-state index contributed by atoms with van der Waals surface area (Å²) in [6, 6.07) is 7.91. The Hall–Kier alpha value is -3.68. The van der Waals surface area contributed by atoms with Crippen LogP contribution in [0.1, 0.15) is 73.5 Å². The van der Waals surface area contributed by atoms with Gasteiger partial charge in [-0.1, -0.05) is 57.9 Å². The quantitative estimate of drug-likeness (QED) is 0.162. The number of amides is 2. The summed E-state index contributed by atoms with van der Waals surface area (Å²) in [5, 5.41) is 19.4. The highest BCUT2D eigenvalue weighted by molar-refractivity contribution is 7.92. The molecule has 0 saturated carbocycles. The van der Waals surface area contributed by atoms with E-state index in [1.54, 1.807) is 6.07 Å². The number of halogens is 2. The first-order chi connectivity index (χ1) is 21.9. The second kappa shape index (κ2) is 17.3. The predicted molar refractivity (Wildman–Crippen MR) is 173 cm³/mol. The molecular formula is C33H45F2N5O5S. The van der Waals surface area contributed by atoms with E-state index in [1.165, 1.54) is 17.3 Å². The molecule has 0 aliphatic carbocycles. The smallest absolute Gasteiger partial charge is 0.255 e. The topological polar surface area (TPSA) is 158 Å². The molecule has 3 atom stereocenters. The lowest BCUT2D eigenvalue weighted by molar-refractivity contribution is -0.135. The monoisotopic (exact) mass is 661 g/mol. The van der Waals surface area contributed by atoms with Gasteiger partial charge in [-0.05, 0) is 54.5 Å². The Bertz CT molecular complexity index is 1510. The third kappa shape index (κ3) is 10.7. The van der Waals surface area contributed by atoms with Gasteiger partial charge in [0.2, 0.25) is 5.91 Å². The number of benzene rings is 2. The van der Waals surface area contributed by atoms with E-state index < -0.39 is 62.5 Å². The molecule has 0 aliphatic rings. The van der Waals surface area contributed by atoms with E-state index in [0.717, 1.165) is 35.7 Å². The fraction of sp³-hybridized carbons (Fsp3) is 0.485. The first-order valence-corrected chi connectivity index (χ1v) is 17.3. The molecular weight excluding hydrogens is 616 g/mol. The predicted octanol–water partition coefficient (Wildman–Crippen LogP) is 3.69. The van der Waals surface area contributed by atoms with Gasteiger partial charge in [0.05, 0.1) is 28.9 Å². The molecule has 0 radical (unpaired) electrons. The van der Waals surface area contributed by atoms with Crippen molar-refractivity contribution in [3.8, 4) is 0 Å². The van der Waals surface area contributed by atoms with E-state index in [1.807, 2.05) is 39.0 Å². The maximum absolute atomic E-state index is 14.3. The van der Waals surface area contributed by atoms with Gasteiger partial charge in [0.25, 0.3) is 5.91 Å². The third-order valence-corrected chi connectivity index (χ3v) is 10.2. The summed E-state index contributed by atoms with van der Waals surface area (Å²) in [7, 11) is -3.86. The molecule has 0 saturated heterocycles. The van der Waals surface area contributed by atoms with E-state index in [2.05, 4.69) is 15.5 Å². The van der Waals surface area contributed by atoms with Gasteiger partial charge >= 0.3 is 0 Å². The van der Waals surface area contributed by atoms with E-state index in [0.29, 0.717) is 25.7 Å². The van der Waals surface area contributed by atoms with Crippen LogP contribution in [0.4, 0.5) is 8.78 Å². The molecule has 1 aromatic heterocycles. The number of hydrogen-bond acceptors (Lipinski definition) is 7. The second-order valence-electron chi connectivity index (χ2n) is 11.6. The first-order valence-electron chi connectivity index (χ1n) is 15.6. The van der Waals surface area contributed by atoms with Gasteiger partial charge in [-0.3, -0.25) is 14.7 Å². The highest BCUT2D eigenvalue weighted by Crippen LogP contribution is 2.19. The Morgan fingerprint density at radius 3 is 2.26 bits per heavy atom. The SMILES string of the molecule is CCCC(CCC)S(=O)(=O)CC(NC(=O)c1cn[nH]c1)C(=O)N(Cc1cccc(CC)c1)C[C@@H](O)[C@@H](N)Cc1cc(F)cc(F)c1. The summed E-state index contributed by atoms with van der Waals surface area (Å²) < 4.78 is 54.9. The van der Waals surface area contributed by atoms with Crippen LogP contribution in [0.25, 0.3) is 0 Å². The maximum Gasteiger partial charge on any atom is 0.255 e. The Kier molecular flexibility index (Phi) is 13.8. The molecule has 0 aliphatic heterocycles. The molecule has 3 rings (SSSR count). The summed E-state index contributed by atoms with van der Waals surface area (Å²) in [5.41, 5.74) is 8.32. The number of nitrogens with two attached hydrogens (primary N) is 1. The molecule has 0 fully saturated rings. The average Bonchev–Trinajstić information content (AvgIpc) is 3.55. The van der Waals surface area contributed by atoms with Crippen molar-refractivity contribution >= 4 is 21.7 Å². The summed E-state index contributed by atoms with van der Waals surface area (Å²) in [4.78, 5) is 28.7. The van der Waals surface area contributed by atoms with Crippen LogP contribution in [0.5, 0.6) is 0 Å². The van der Waals surface area contributed by atoms with Crippen LogP contribution in [0, 0.1) is 11.6 Å². The molecule has 13 heteroatoms. The van der Waals surface area contributed by atoms with Crippen LogP contribution < -0.4 is 11.1 Å². The van der Waals surface area contributed by atoms with Crippen LogP contribution in [0.3, 0.4) is 0 Å². The van der Waals surface area contributed by atoms with Crippen molar-refractivity contribution in [2.75, 3.05) is 12.3 Å². The lowest BCUT2D eigenvalue weighted by Crippen LogP contribution is -2.55. The van der Waals surface area contributed by atoms with Crippen molar-refractivity contribution in [3.63, 3.8) is 0 Å². The van der Waals surface area contributed by atoms with Gasteiger partial charge in [-0.25, -0.2) is 17.2 Å². The number of hydrogen-bond donors (Lipinski definition) is 4. The number of rotatable bonds is 18. The van der Waals surface area contributed by atoms with Gasteiger partial charge in [-0.15, -0.1) is 0 Å². The minimum atomic E-state index is -3.86. The minimum absolute atomic E-state index is 0.0173. The van der Waals surface area contributed by atoms with Crippen LogP contribution in [-0.4, -0.2) is 76.2 Å². The molecule has 3 aromatic rings. The molecule has 0 spiro atoms.